The van der Waals surface area contributed by atoms with E-state index in [-0.39, 0.29) is 24.9 Å². The number of ketones is 1. The molecule has 9 nitrogen and oxygen atoms in total. The van der Waals surface area contributed by atoms with Gasteiger partial charge < -0.3 is 4.90 Å². The molecular formula is C23H25FN8O. The molecule has 0 unspecified atom stereocenters. The van der Waals surface area contributed by atoms with E-state index in [1.165, 1.54) is 0 Å². The molecule has 0 aliphatic carbocycles. The molecule has 0 amide bonds. The van der Waals surface area contributed by atoms with Crippen LogP contribution in [0.5, 0.6) is 0 Å². The summed E-state index contributed by atoms with van der Waals surface area (Å²) in [5.74, 6) is -0.133. The van der Waals surface area contributed by atoms with Crippen LogP contribution in [0.1, 0.15) is 35.1 Å². The van der Waals surface area contributed by atoms with Crippen LogP contribution in [0.25, 0.3) is 22.2 Å². The number of rotatable bonds is 7. The third-order valence-electron chi connectivity index (χ3n) is 6.10. The fraction of sp³-hybridized carbons (Fsp3) is 0.391. The molecule has 1 aliphatic heterocycles. The zero-order valence-electron chi connectivity index (χ0n) is 18.4. The summed E-state index contributed by atoms with van der Waals surface area (Å²) in [6, 6.07) is 5.93. The Kier molecular flexibility index (Phi) is 5.91. The van der Waals surface area contributed by atoms with Gasteiger partial charge in [-0.25, -0.2) is 14.1 Å². The van der Waals surface area contributed by atoms with E-state index in [4.69, 9.17) is 4.98 Å². The van der Waals surface area contributed by atoms with E-state index in [0.29, 0.717) is 17.9 Å². The Morgan fingerprint density at radius 3 is 2.79 bits per heavy atom. The number of aryl methyl sites for hydroxylation is 1. The minimum atomic E-state index is -0.324. The monoisotopic (exact) mass is 448 g/mol. The zero-order chi connectivity index (χ0) is 22.8. The van der Waals surface area contributed by atoms with E-state index in [2.05, 4.69) is 25.3 Å². The maximum absolute atomic E-state index is 12.8. The molecule has 1 fully saturated rings. The van der Waals surface area contributed by atoms with Crippen molar-refractivity contribution in [3.8, 4) is 11.3 Å². The van der Waals surface area contributed by atoms with Crippen LogP contribution < -0.4 is 0 Å². The highest BCUT2D eigenvalue weighted by Gasteiger charge is 2.22. The Bertz CT molecular complexity index is 1270. The molecule has 4 aromatic heterocycles. The number of carbonyl (C=O) groups is 1. The van der Waals surface area contributed by atoms with Gasteiger partial charge in [0.2, 0.25) is 0 Å². The number of Topliss-reactive ketones (excluding diaryl/α,β-unsaturated/α-hetero) is 1. The lowest BCUT2D eigenvalue weighted by molar-refractivity contribution is 0.0987. The second kappa shape index (κ2) is 9.14. The summed E-state index contributed by atoms with van der Waals surface area (Å²) in [5.41, 5.74) is 3.50. The van der Waals surface area contributed by atoms with Crippen molar-refractivity contribution in [1.29, 1.82) is 0 Å². The van der Waals surface area contributed by atoms with Crippen LogP contribution in [0.2, 0.25) is 0 Å². The summed E-state index contributed by atoms with van der Waals surface area (Å²) in [5, 5.41) is 13.4. The molecule has 1 saturated heterocycles. The van der Waals surface area contributed by atoms with E-state index in [1.807, 2.05) is 31.4 Å². The van der Waals surface area contributed by atoms with Gasteiger partial charge in [-0.05, 0) is 31.0 Å². The van der Waals surface area contributed by atoms with Crippen LogP contribution in [-0.2, 0) is 13.5 Å². The van der Waals surface area contributed by atoms with Gasteiger partial charge in [-0.1, -0.05) is 5.21 Å². The van der Waals surface area contributed by atoms with Crippen LogP contribution >= 0.6 is 0 Å². The Morgan fingerprint density at radius 2 is 2.03 bits per heavy atom. The summed E-state index contributed by atoms with van der Waals surface area (Å²) in [7, 11) is 1.87. The van der Waals surface area contributed by atoms with Gasteiger partial charge in [0.05, 0.1) is 41.8 Å². The van der Waals surface area contributed by atoms with Gasteiger partial charge in [-0.3, -0.25) is 14.5 Å². The fourth-order valence-electron chi connectivity index (χ4n) is 4.23. The number of aromatic nitrogens is 7. The molecule has 170 valence electrons. The predicted octanol–water partition coefficient (Wildman–Crippen LogP) is 2.65. The molecule has 0 bridgehead atoms. The van der Waals surface area contributed by atoms with Gasteiger partial charge in [0.25, 0.3) is 0 Å². The van der Waals surface area contributed by atoms with E-state index in [1.54, 1.807) is 28.0 Å². The predicted molar refractivity (Wildman–Crippen MR) is 120 cm³/mol. The quantitative estimate of drug-likeness (QED) is 0.401. The Labute approximate surface area is 190 Å². The first kappa shape index (κ1) is 21.3. The smallest absolute Gasteiger partial charge is 0.190 e. The summed E-state index contributed by atoms with van der Waals surface area (Å²) in [6.07, 6.45) is 9.00. The molecule has 0 N–H and O–H groups in total. The number of carbonyl (C=O) groups excluding carboxylic acids is 1. The fourth-order valence-corrected chi connectivity index (χ4v) is 4.23. The lowest BCUT2D eigenvalue weighted by Gasteiger charge is -2.30. The van der Waals surface area contributed by atoms with Gasteiger partial charge in [0.1, 0.15) is 12.4 Å². The Hall–Kier alpha value is -3.53. The molecular weight excluding hydrogens is 423 g/mol. The number of hydrogen-bond acceptors (Lipinski definition) is 7. The average molecular weight is 449 g/mol. The van der Waals surface area contributed by atoms with Crippen molar-refractivity contribution < 1.29 is 9.18 Å². The third-order valence-corrected chi connectivity index (χ3v) is 6.10. The minimum Gasteiger partial charge on any atom is -0.301 e. The van der Waals surface area contributed by atoms with Gasteiger partial charge in [0, 0.05) is 50.0 Å². The van der Waals surface area contributed by atoms with Crippen LogP contribution in [-0.4, -0.2) is 71.7 Å². The molecule has 5 heterocycles. The van der Waals surface area contributed by atoms with Gasteiger partial charge in [-0.15, -0.1) is 5.10 Å². The van der Waals surface area contributed by atoms with E-state index >= 15 is 0 Å². The summed E-state index contributed by atoms with van der Waals surface area (Å²) >= 11 is 0. The lowest BCUT2D eigenvalue weighted by Crippen LogP contribution is -2.36. The highest BCUT2D eigenvalue weighted by atomic mass is 19.1. The van der Waals surface area contributed by atoms with Crippen LogP contribution in [0.3, 0.4) is 0 Å². The van der Waals surface area contributed by atoms with E-state index < -0.39 is 0 Å². The molecule has 0 atom stereocenters. The lowest BCUT2D eigenvalue weighted by atomic mass is 10.1. The highest BCUT2D eigenvalue weighted by molar-refractivity contribution is 5.95. The Balaban J connectivity index is 1.28. The summed E-state index contributed by atoms with van der Waals surface area (Å²) in [6.45, 7) is 1.81. The molecule has 0 spiro atoms. The molecule has 10 heteroatoms. The first-order valence-corrected chi connectivity index (χ1v) is 11.1. The second-order valence-electron chi connectivity index (χ2n) is 8.41. The molecule has 1 aliphatic rings. The largest absolute Gasteiger partial charge is 0.301 e. The summed E-state index contributed by atoms with van der Waals surface area (Å²) < 4.78 is 16.0. The molecule has 5 rings (SSSR count). The van der Waals surface area contributed by atoms with Crippen molar-refractivity contribution >= 4 is 16.7 Å². The standard InChI is InChI=1S/C23H25FN8O/c1-30-14-17(13-26-30)20-3-2-16-12-25-18(10-21(16)27-20)11-23(33)22-15-32(29-28-22)19-4-7-31(8-5-19)9-6-24/h2-3,10,12-15,19H,4-9,11H2,1H3. The number of hydrogen-bond donors (Lipinski definition) is 0. The molecule has 0 saturated carbocycles. The zero-order valence-corrected chi connectivity index (χ0v) is 18.4. The third kappa shape index (κ3) is 4.65. The van der Waals surface area contributed by atoms with Crippen LogP contribution in [0.4, 0.5) is 4.39 Å². The second-order valence-corrected chi connectivity index (χ2v) is 8.41. The van der Waals surface area contributed by atoms with Crippen LogP contribution in [0.15, 0.2) is 43.0 Å². The van der Waals surface area contributed by atoms with Crippen molar-refractivity contribution in [2.24, 2.45) is 7.05 Å². The van der Waals surface area contributed by atoms with Crippen LogP contribution in [0, 0.1) is 0 Å². The number of piperidine rings is 1. The van der Waals surface area contributed by atoms with Crippen molar-refractivity contribution in [3.05, 3.63) is 54.4 Å². The minimum absolute atomic E-state index is 0.127. The topological polar surface area (TPSA) is 94.6 Å². The highest BCUT2D eigenvalue weighted by Crippen LogP contribution is 2.23. The van der Waals surface area contributed by atoms with E-state index in [9.17, 15) is 9.18 Å². The maximum Gasteiger partial charge on any atom is 0.190 e. The average Bonchev–Trinajstić information content (AvgIpc) is 3.49. The van der Waals surface area contributed by atoms with Gasteiger partial charge in [-0.2, -0.15) is 5.10 Å². The molecule has 0 aromatic carbocycles. The molecule has 0 radical (unpaired) electrons. The number of nitrogens with zero attached hydrogens (tertiary/aromatic N) is 8. The van der Waals surface area contributed by atoms with E-state index in [0.717, 1.165) is 48.1 Å². The maximum atomic E-state index is 12.8. The summed E-state index contributed by atoms with van der Waals surface area (Å²) in [4.78, 5) is 24.1. The van der Waals surface area contributed by atoms with Crippen molar-refractivity contribution in [3.63, 3.8) is 0 Å². The van der Waals surface area contributed by atoms with Gasteiger partial charge >= 0.3 is 0 Å². The number of halogens is 1. The number of fused-ring (bicyclic) bond motifs is 1. The molecule has 33 heavy (non-hydrogen) atoms. The van der Waals surface area contributed by atoms with Crippen molar-refractivity contribution in [1.82, 2.24) is 39.6 Å². The van der Waals surface area contributed by atoms with Crippen molar-refractivity contribution in [2.75, 3.05) is 26.3 Å². The normalized spacial score (nSPS) is 15.3. The number of alkyl halides is 1. The number of likely N-dealkylation sites (tertiary alicyclic amines) is 1. The molecule has 4 aromatic rings. The van der Waals surface area contributed by atoms with Gasteiger partial charge in [0.15, 0.2) is 5.78 Å². The number of pyridine rings is 2. The first-order chi connectivity index (χ1) is 16.1. The van der Waals surface area contributed by atoms with Crippen molar-refractivity contribution in [2.45, 2.75) is 25.3 Å². The first-order valence-electron chi connectivity index (χ1n) is 11.1. The Morgan fingerprint density at radius 1 is 1.18 bits per heavy atom. The SMILES string of the molecule is Cn1cc(-c2ccc3cnc(CC(=O)c4cn(C5CCN(CCF)CC5)nn4)cc3n2)cn1.